The Morgan fingerprint density at radius 2 is 1.87 bits per heavy atom. The normalized spacial score (nSPS) is 21.7. The quantitative estimate of drug-likeness (QED) is 0.878. The molecule has 2 aliphatic carbocycles. The number of nitrogens with zero attached hydrogens (tertiary/aromatic N) is 2. The van der Waals surface area contributed by atoms with Crippen LogP contribution in [0.3, 0.4) is 0 Å². The Labute approximate surface area is 136 Å². The zero-order valence-electron chi connectivity index (χ0n) is 13.8. The number of Topliss-reactive ketones (excluding diaryl/α,β-unsaturated/α-hetero) is 1. The number of aromatic nitrogens is 2. The summed E-state index contributed by atoms with van der Waals surface area (Å²) in [5.41, 5.74) is 2.05. The number of fused-ring (bicyclic) bond motifs is 1. The van der Waals surface area contributed by atoms with Crippen LogP contribution in [0.25, 0.3) is 0 Å². The third-order valence-corrected chi connectivity index (χ3v) is 4.69. The van der Waals surface area contributed by atoms with Crippen molar-refractivity contribution in [2.75, 3.05) is 5.32 Å². The van der Waals surface area contributed by atoms with Gasteiger partial charge in [0.05, 0.1) is 17.0 Å². The predicted octanol–water partition coefficient (Wildman–Crippen LogP) is 3.00. The maximum atomic E-state index is 12.1. The molecule has 1 saturated carbocycles. The van der Waals surface area contributed by atoms with Gasteiger partial charge in [0.1, 0.15) is 0 Å². The Bertz CT molecular complexity index is 623. The van der Waals surface area contributed by atoms with Gasteiger partial charge in [0.15, 0.2) is 5.78 Å². The van der Waals surface area contributed by atoms with E-state index in [0.717, 1.165) is 25.0 Å². The third-order valence-electron chi connectivity index (χ3n) is 4.69. The molecule has 1 atom stereocenters. The second-order valence-electron chi connectivity index (χ2n) is 6.82. The minimum Gasteiger partial charge on any atom is -0.335 e. The molecule has 1 heterocycles. The van der Waals surface area contributed by atoms with Gasteiger partial charge in [0, 0.05) is 12.5 Å². The zero-order valence-corrected chi connectivity index (χ0v) is 13.8. The molecule has 0 bridgehead atoms. The molecule has 1 aromatic heterocycles. The highest BCUT2D eigenvalue weighted by Crippen LogP contribution is 2.26. The Morgan fingerprint density at radius 3 is 2.61 bits per heavy atom. The van der Waals surface area contributed by atoms with Gasteiger partial charge in [0.25, 0.3) is 0 Å². The Kier molecular flexibility index (Phi) is 4.59. The number of aryl methyl sites for hydroxylation is 1. The van der Waals surface area contributed by atoms with E-state index in [9.17, 15) is 9.59 Å². The number of urea groups is 1. The fourth-order valence-corrected chi connectivity index (χ4v) is 3.59. The molecule has 3 rings (SSSR count). The second kappa shape index (κ2) is 6.64. The van der Waals surface area contributed by atoms with E-state index in [1.165, 1.54) is 19.3 Å². The second-order valence-corrected chi connectivity index (χ2v) is 6.82. The fourth-order valence-electron chi connectivity index (χ4n) is 3.59. The van der Waals surface area contributed by atoms with Crippen molar-refractivity contribution < 1.29 is 9.59 Å². The van der Waals surface area contributed by atoms with Crippen LogP contribution in [0.2, 0.25) is 0 Å². The minimum absolute atomic E-state index is 0.106. The van der Waals surface area contributed by atoms with Crippen LogP contribution in [0.4, 0.5) is 10.7 Å². The van der Waals surface area contributed by atoms with Crippen molar-refractivity contribution in [2.45, 2.75) is 64.8 Å². The highest BCUT2D eigenvalue weighted by atomic mass is 16.2. The monoisotopic (exact) mass is 316 g/mol. The van der Waals surface area contributed by atoms with Crippen LogP contribution < -0.4 is 10.6 Å². The number of hydrogen-bond acceptors (Lipinski definition) is 4. The van der Waals surface area contributed by atoms with Gasteiger partial charge in [-0.2, -0.15) is 0 Å². The molecule has 0 aliphatic heterocycles. The van der Waals surface area contributed by atoms with E-state index < -0.39 is 0 Å². The van der Waals surface area contributed by atoms with Gasteiger partial charge in [0.2, 0.25) is 5.95 Å². The summed E-state index contributed by atoms with van der Waals surface area (Å²) in [7, 11) is 0. The van der Waals surface area contributed by atoms with Crippen molar-refractivity contribution in [3.8, 4) is 0 Å². The number of hydrogen-bond donors (Lipinski definition) is 2. The van der Waals surface area contributed by atoms with Gasteiger partial charge in [-0.15, -0.1) is 0 Å². The molecule has 1 aromatic rings. The SMILES string of the molecule is Cc1nc(NC(=O)NC2CCCCC2)nc2c1C(=O)CC(C)C2. The van der Waals surface area contributed by atoms with Crippen molar-refractivity contribution in [2.24, 2.45) is 5.92 Å². The van der Waals surface area contributed by atoms with E-state index in [2.05, 4.69) is 20.6 Å². The number of carbonyl (C=O) groups is 2. The molecule has 124 valence electrons. The molecule has 0 aromatic carbocycles. The standard InChI is InChI=1S/C17H24N4O2/c1-10-8-13-15(14(22)9-10)11(2)18-16(20-13)21-17(23)19-12-6-4-3-5-7-12/h10,12H,3-9H2,1-2H3,(H2,18,19,20,21,23). The Balaban J connectivity index is 1.71. The zero-order chi connectivity index (χ0) is 16.4. The third kappa shape index (κ3) is 3.68. The van der Waals surface area contributed by atoms with Crippen LogP contribution in [-0.4, -0.2) is 27.8 Å². The number of anilines is 1. The first-order valence-corrected chi connectivity index (χ1v) is 8.51. The molecule has 0 saturated heterocycles. The van der Waals surface area contributed by atoms with Gasteiger partial charge < -0.3 is 5.32 Å². The first-order chi connectivity index (χ1) is 11.0. The number of nitrogens with one attached hydrogen (secondary N) is 2. The van der Waals surface area contributed by atoms with Gasteiger partial charge in [-0.05, 0) is 32.1 Å². The maximum absolute atomic E-state index is 12.1. The summed E-state index contributed by atoms with van der Waals surface area (Å²) in [6.45, 7) is 3.85. The summed E-state index contributed by atoms with van der Waals surface area (Å²) in [6, 6.07) is -0.0180. The number of ketones is 1. The summed E-state index contributed by atoms with van der Waals surface area (Å²) < 4.78 is 0. The molecule has 23 heavy (non-hydrogen) atoms. The van der Waals surface area contributed by atoms with Crippen LogP contribution in [0.1, 0.15) is 67.2 Å². The molecule has 2 aliphatic rings. The lowest BCUT2D eigenvalue weighted by Gasteiger charge is -2.23. The van der Waals surface area contributed by atoms with Crippen molar-refractivity contribution in [3.05, 3.63) is 17.0 Å². The molecule has 2 N–H and O–H groups in total. The van der Waals surface area contributed by atoms with E-state index in [1.807, 2.05) is 6.92 Å². The molecule has 1 unspecified atom stereocenters. The first-order valence-electron chi connectivity index (χ1n) is 8.51. The van der Waals surface area contributed by atoms with Crippen LogP contribution >= 0.6 is 0 Å². The minimum atomic E-state index is -0.258. The fraction of sp³-hybridized carbons (Fsp3) is 0.647. The Hall–Kier alpha value is -1.98. The van der Waals surface area contributed by atoms with E-state index >= 15 is 0 Å². The summed E-state index contributed by atoms with van der Waals surface area (Å²) in [4.78, 5) is 32.9. The van der Waals surface area contributed by atoms with Gasteiger partial charge in [-0.1, -0.05) is 26.2 Å². The highest BCUT2D eigenvalue weighted by Gasteiger charge is 2.27. The van der Waals surface area contributed by atoms with Crippen molar-refractivity contribution in [1.29, 1.82) is 0 Å². The predicted molar refractivity (Wildman–Crippen MR) is 87.6 cm³/mol. The smallest absolute Gasteiger partial charge is 0.321 e. The van der Waals surface area contributed by atoms with E-state index in [1.54, 1.807) is 6.92 Å². The summed E-state index contributed by atoms with van der Waals surface area (Å²) >= 11 is 0. The number of carbonyl (C=O) groups excluding carboxylic acids is 2. The number of amides is 2. The molecule has 6 nitrogen and oxygen atoms in total. The lowest BCUT2D eigenvalue weighted by Crippen LogP contribution is -2.39. The van der Waals surface area contributed by atoms with Crippen LogP contribution in [0, 0.1) is 12.8 Å². The molecular weight excluding hydrogens is 292 g/mol. The first kappa shape index (κ1) is 15.9. The average molecular weight is 316 g/mol. The molecule has 0 spiro atoms. The van der Waals surface area contributed by atoms with E-state index in [0.29, 0.717) is 17.7 Å². The van der Waals surface area contributed by atoms with Crippen LogP contribution in [0.15, 0.2) is 0 Å². The van der Waals surface area contributed by atoms with Gasteiger partial charge >= 0.3 is 6.03 Å². The maximum Gasteiger partial charge on any atom is 0.321 e. The largest absolute Gasteiger partial charge is 0.335 e. The average Bonchev–Trinajstić information content (AvgIpc) is 2.46. The molecular formula is C17H24N4O2. The van der Waals surface area contributed by atoms with Crippen LogP contribution in [-0.2, 0) is 6.42 Å². The van der Waals surface area contributed by atoms with Gasteiger partial charge in [-0.3, -0.25) is 10.1 Å². The van der Waals surface area contributed by atoms with E-state index in [4.69, 9.17) is 0 Å². The van der Waals surface area contributed by atoms with Crippen molar-refractivity contribution in [3.63, 3.8) is 0 Å². The summed E-state index contributed by atoms with van der Waals surface area (Å²) in [5, 5.41) is 5.71. The molecule has 2 amide bonds. The highest BCUT2D eigenvalue weighted by molar-refractivity contribution is 5.99. The summed E-state index contributed by atoms with van der Waals surface area (Å²) in [5.74, 6) is 0.680. The molecule has 0 radical (unpaired) electrons. The van der Waals surface area contributed by atoms with E-state index in [-0.39, 0.29) is 29.7 Å². The topological polar surface area (TPSA) is 84.0 Å². The summed E-state index contributed by atoms with van der Waals surface area (Å²) in [6.07, 6.45) is 6.94. The Morgan fingerprint density at radius 1 is 1.13 bits per heavy atom. The van der Waals surface area contributed by atoms with Crippen molar-refractivity contribution >= 4 is 17.8 Å². The lowest BCUT2D eigenvalue weighted by atomic mass is 9.86. The molecule has 6 heteroatoms. The van der Waals surface area contributed by atoms with Crippen LogP contribution in [0.5, 0.6) is 0 Å². The van der Waals surface area contributed by atoms with Gasteiger partial charge in [-0.25, -0.2) is 14.8 Å². The number of rotatable bonds is 2. The van der Waals surface area contributed by atoms with Crippen molar-refractivity contribution in [1.82, 2.24) is 15.3 Å². The lowest BCUT2D eigenvalue weighted by molar-refractivity contribution is 0.0951. The molecule has 1 fully saturated rings.